The molecule has 2 aliphatic rings. The number of benzene rings is 1. The smallest absolute Gasteiger partial charge is 0.335 e. The van der Waals surface area contributed by atoms with Gasteiger partial charge in [0.2, 0.25) is 5.91 Å². The molecule has 0 radical (unpaired) electrons. The molecule has 128 valence electrons. The minimum absolute atomic E-state index is 0.0631. The summed E-state index contributed by atoms with van der Waals surface area (Å²) in [6.45, 7) is 6.41. The highest BCUT2D eigenvalue weighted by molar-refractivity contribution is 6.22. The van der Waals surface area contributed by atoms with Crippen LogP contribution in [-0.4, -0.2) is 71.5 Å². The molecule has 1 aromatic rings. The molecule has 2 fully saturated rings. The molecule has 0 aliphatic carbocycles. The maximum Gasteiger partial charge on any atom is 0.335 e. The number of likely N-dealkylation sites (N-methyl/N-ethyl adjacent to an activating group) is 1. The molecule has 0 aromatic heterocycles. The van der Waals surface area contributed by atoms with Gasteiger partial charge in [-0.3, -0.25) is 14.5 Å². The predicted molar refractivity (Wildman–Crippen MR) is 88.0 cm³/mol. The van der Waals surface area contributed by atoms with Crippen molar-refractivity contribution in [2.45, 2.75) is 19.4 Å². The first-order valence-corrected chi connectivity index (χ1v) is 8.18. The van der Waals surface area contributed by atoms with E-state index in [9.17, 15) is 14.4 Å². The summed E-state index contributed by atoms with van der Waals surface area (Å²) in [5.74, 6) is -1.61. The fourth-order valence-electron chi connectivity index (χ4n) is 3.34. The van der Waals surface area contributed by atoms with Gasteiger partial charge in [0.1, 0.15) is 0 Å². The van der Waals surface area contributed by atoms with Gasteiger partial charge >= 0.3 is 5.97 Å². The lowest BCUT2D eigenvalue weighted by atomic mass is 10.1. The molecule has 24 heavy (non-hydrogen) atoms. The van der Waals surface area contributed by atoms with Gasteiger partial charge in [0.05, 0.1) is 23.7 Å². The van der Waals surface area contributed by atoms with Crippen LogP contribution < -0.4 is 4.90 Å². The number of hydrogen-bond acceptors (Lipinski definition) is 5. The second kappa shape index (κ2) is 6.70. The van der Waals surface area contributed by atoms with Crippen LogP contribution in [0, 0.1) is 0 Å². The first kappa shape index (κ1) is 16.6. The molecule has 1 N–H and O–H groups in total. The topological polar surface area (TPSA) is 81.2 Å². The SMILES string of the molecule is CCN1CCN([C@H]2CC(=O)N(c3cccc(C(=O)O)c3)C2=O)CC1. The van der Waals surface area contributed by atoms with E-state index in [1.807, 2.05) is 0 Å². The van der Waals surface area contributed by atoms with E-state index in [-0.39, 0.29) is 23.8 Å². The number of carbonyl (C=O) groups is 3. The number of hydrogen-bond donors (Lipinski definition) is 1. The summed E-state index contributed by atoms with van der Waals surface area (Å²) in [6.07, 6.45) is 0.155. The summed E-state index contributed by atoms with van der Waals surface area (Å²) >= 11 is 0. The molecule has 0 unspecified atom stereocenters. The third kappa shape index (κ3) is 3.05. The van der Waals surface area contributed by atoms with Crippen molar-refractivity contribution in [3.8, 4) is 0 Å². The zero-order valence-electron chi connectivity index (χ0n) is 13.6. The van der Waals surface area contributed by atoms with Crippen molar-refractivity contribution in [3.05, 3.63) is 29.8 Å². The van der Waals surface area contributed by atoms with Gasteiger partial charge in [-0.2, -0.15) is 0 Å². The lowest BCUT2D eigenvalue weighted by molar-refractivity contribution is -0.123. The van der Waals surface area contributed by atoms with Gasteiger partial charge in [0.15, 0.2) is 0 Å². The molecule has 2 saturated heterocycles. The number of imide groups is 1. The highest BCUT2D eigenvalue weighted by atomic mass is 16.4. The molecule has 1 aromatic carbocycles. The molecule has 0 saturated carbocycles. The number of carboxylic acids is 1. The first-order valence-electron chi connectivity index (χ1n) is 8.18. The third-order valence-electron chi connectivity index (χ3n) is 4.77. The van der Waals surface area contributed by atoms with E-state index in [2.05, 4.69) is 16.7 Å². The van der Waals surface area contributed by atoms with Crippen LogP contribution in [0.1, 0.15) is 23.7 Å². The van der Waals surface area contributed by atoms with Crippen LogP contribution in [0.5, 0.6) is 0 Å². The van der Waals surface area contributed by atoms with E-state index in [0.717, 1.165) is 37.6 Å². The van der Waals surface area contributed by atoms with Crippen LogP contribution in [0.3, 0.4) is 0 Å². The van der Waals surface area contributed by atoms with Crippen molar-refractivity contribution in [3.63, 3.8) is 0 Å². The van der Waals surface area contributed by atoms with Crippen LogP contribution in [0.25, 0.3) is 0 Å². The lowest BCUT2D eigenvalue weighted by Crippen LogP contribution is -2.52. The van der Waals surface area contributed by atoms with Crippen LogP contribution in [0.15, 0.2) is 24.3 Å². The Labute approximate surface area is 140 Å². The van der Waals surface area contributed by atoms with Crippen molar-refractivity contribution < 1.29 is 19.5 Å². The molecule has 2 amide bonds. The van der Waals surface area contributed by atoms with E-state index in [1.54, 1.807) is 12.1 Å². The van der Waals surface area contributed by atoms with E-state index < -0.39 is 12.0 Å². The Kier molecular flexibility index (Phi) is 4.64. The fraction of sp³-hybridized carbons (Fsp3) is 0.471. The number of carbonyl (C=O) groups excluding carboxylic acids is 2. The van der Waals surface area contributed by atoms with E-state index in [1.165, 1.54) is 12.1 Å². The Morgan fingerprint density at radius 1 is 1.21 bits per heavy atom. The quantitative estimate of drug-likeness (QED) is 0.816. The van der Waals surface area contributed by atoms with Gasteiger partial charge < -0.3 is 10.0 Å². The summed E-state index contributed by atoms with van der Waals surface area (Å²) in [6, 6.07) is 5.52. The van der Waals surface area contributed by atoms with Gasteiger partial charge in [-0.25, -0.2) is 9.69 Å². The zero-order valence-corrected chi connectivity index (χ0v) is 13.6. The molecular weight excluding hydrogens is 310 g/mol. The van der Waals surface area contributed by atoms with Crippen LogP contribution >= 0.6 is 0 Å². The van der Waals surface area contributed by atoms with Crippen molar-refractivity contribution in [2.75, 3.05) is 37.6 Å². The summed E-state index contributed by atoms with van der Waals surface area (Å²) in [4.78, 5) is 41.7. The van der Waals surface area contributed by atoms with Gasteiger partial charge in [-0.05, 0) is 24.7 Å². The van der Waals surface area contributed by atoms with Crippen LogP contribution in [0.4, 0.5) is 5.69 Å². The molecule has 2 aliphatic heterocycles. The minimum Gasteiger partial charge on any atom is -0.478 e. The second-order valence-electron chi connectivity index (χ2n) is 6.11. The summed E-state index contributed by atoms with van der Waals surface area (Å²) in [5, 5.41) is 9.09. The molecule has 2 heterocycles. The number of amides is 2. The predicted octanol–water partition coefficient (Wildman–Crippen LogP) is 0.654. The van der Waals surface area contributed by atoms with Crippen molar-refractivity contribution >= 4 is 23.5 Å². The van der Waals surface area contributed by atoms with Crippen molar-refractivity contribution in [1.29, 1.82) is 0 Å². The Bertz CT molecular complexity index is 668. The summed E-state index contributed by atoms with van der Waals surface area (Å²) in [7, 11) is 0. The van der Waals surface area contributed by atoms with Gasteiger partial charge in [0.25, 0.3) is 5.91 Å². The fourth-order valence-corrected chi connectivity index (χ4v) is 3.34. The van der Waals surface area contributed by atoms with Crippen LogP contribution in [-0.2, 0) is 9.59 Å². The van der Waals surface area contributed by atoms with E-state index in [0.29, 0.717) is 5.69 Å². The molecule has 7 heteroatoms. The summed E-state index contributed by atoms with van der Waals surface area (Å²) < 4.78 is 0. The lowest BCUT2D eigenvalue weighted by Gasteiger charge is -2.36. The maximum atomic E-state index is 12.8. The van der Waals surface area contributed by atoms with Crippen molar-refractivity contribution in [1.82, 2.24) is 9.80 Å². The monoisotopic (exact) mass is 331 g/mol. The highest BCUT2D eigenvalue weighted by Crippen LogP contribution is 2.27. The number of carboxylic acid groups (broad SMARTS) is 1. The van der Waals surface area contributed by atoms with Gasteiger partial charge in [-0.15, -0.1) is 0 Å². The number of piperazine rings is 1. The summed E-state index contributed by atoms with van der Waals surface area (Å²) in [5.41, 5.74) is 0.396. The minimum atomic E-state index is -1.08. The normalized spacial score (nSPS) is 23.0. The average Bonchev–Trinajstić information content (AvgIpc) is 2.89. The Hall–Kier alpha value is -2.25. The second-order valence-corrected chi connectivity index (χ2v) is 6.11. The number of nitrogens with zero attached hydrogens (tertiary/aromatic N) is 3. The molecule has 3 rings (SSSR count). The molecule has 0 spiro atoms. The van der Waals surface area contributed by atoms with Crippen LogP contribution in [0.2, 0.25) is 0 Å². The Morgan fingerprint density at radius 2 is 1.92 bits per heavy atom. The first-order chi connectivity index (χ1) is 11.5. The number of aromatic carboxylic acids is 1. The highest BCUT2D eigenvalue weighted by Gasteiger charge is 2.43. The molecule has 0 bridgehead atoms. The molecule has 1 atom stereocenters. The molecule has 7 nitrogen and oxygen atoms in total. The zero-order chi connectivity index (χ0) is 17.3. The number of anilines is 1. The van der Waals surface area contributed by atoms with E-state index in [4.69, 9.17) is 5.11 Å². The standard InChI is InChI=1S/C17H21N3O4/c1-2-18-6-8-19(9-7-18)14-11-15(21)20(16(14)22)13-5-3-4-12(10-13)17(23)24/h3-5,10,14H,2,6-9,11H2,1H3,(H,23,24)/t14-/m0/s1. The Morgan fingerprint density at radius 3 is 2.54 bits per heavy atom. The third-order valence-corrected chi connectivity index (χ3v) is 4.77. The Balaban J connectivity index is 1.77. The largest absolute Gasteiger partial charge is 0.478 e. The number of rotatable bonds is 4. The average molecular weight is 331 g/mol. The van der Waals surface area contributed by atoms with Crippen molar-refractivity contribution in [2.24, 2.45) is 0 Å². The van der Waals surface area contributed by atoms with Gasteiger partial charge in [0, 0.05) is 26.2 Å². The van der Waals surface area contributed by atoms with Gasteiger partial charge in [-0.1, -0.05) is 13.0 Å². The molecular formula is C17H21N3O4. The van der Waals surface area contributed by atoms with E-state index >= 15 is 0 Å². The maximum absolute atomic E-state index is 12.8.